The monoisotopic (exact) mass is 421 g/mol. The summed E-state index contributed by atoms with van der Waals surface area (Å²) in [6.45, 7) is 3.46. The molecule has 0 saturated carbocycles. The number of carbonyl (C=O) groups is 1. The number of aromatic nitrogens is 2. The number of halogens is 1. The van der Waals surface area contributed by atoms with Gasteiger partial charge in [-0.15, -0.1) is 11.3 Å². The van der Waals surface area contributed by atoms with Crippen LogP contribution in [0.1, 0.15) is 45.2 Å². The van der Waals surface area contributed by atoms with E-state index in [4.69, 9.17) is 0 Å². The number of benzene rings is 2. The first-order valence-electron chi connectivity index (χ1n) is 9.55. The highest BCUT2D eigenvalue weighted by Gasteiger charge is 2.21. The molecule has 0 aliphatic heterocycles. The van der Waals surface area contributed by atoms with Crippen molar-refractivity contribution in [3.63, 3.8) is 0 Å². The first-order chi connectivity index (χ1) is 14.4. The van der Waals surface area contributed by atoms with E-state index in [0.717, 1.165) is 5.56 Å². The van der Waals surface area contributed by atoms with Crippen molar-refractivity contribution in [3.05, 3.63) is 98.2 Å². The van der Waals surface area contributed by atoms with Gasteiger partial charge in [0.2, 0.25) is 0 Å². The van der Waals surface area contributed by atoms with Gasteiger partial charge in [0.25, 0.3) is 11.5 Å². The van der Waals surface area contributed by atoms with Crippen molar-refractivity contribution in [2.24, 2.45) is 0 Å². The van der Waals surface area contributed by atoms with E-state index in [2.05, 4.69) is 15.3 Å². The summed E-state index contributed by atoms with van der Waals surface area (Å²) in [7, 11) is 0. The summed E-state index contributed by atoms with van der Waals surface area (Å²) < 4.78 is 14.0. The zero-order chi connectivity index (χ0) is 21.3. The van der Waals surface area contributed by atoms with Gasteiger partial charge in [0.1, 0.15) is 16.5 Å². The van der Waals surface area contributed by atoms with Gasteiger partial charge >= 0.3 is 0 Å². The predicted octanol–water partition coefficient (Wildman–Crippen LogP) is 4.51. The third kappa shape index (κ3) is 3.89. The van der Waals surface area contributed by atoms with Gasteiger partial charge in [0.05, 0.1) is 16.3 Å². The van der Waals surface area contributed by atoms with E-state index in [1.54, 1.807) is 32.0 Å². The molecule has 4 rings (SSSR count). The number of amides is 1. The van der Waals surface area contributed by atoms with Crippen LogP contribution in [0.4, 0.5) is 4.39 Å². The summed E-state index contributed by atoms with van der Waals surface area (Å²) in [5, 5.41) is 3.24. The van der Waals surface area contributed by atoms with Gasteiger partial charge in [0, 0.05) is 12.0 Å². The number of aryl methyl sites for hydroxylation is 1. The van der Waals surface area contributed by atoms with Gasteiger partial charge in [0.15, 0.2) is 0 Å². The molecule has 0 saturated heterocycles. The van der Waals surface area contributed by atoms with Crippen LogP contribution in [0.5, 0.6) is 0 Å². The second kappa shape index (κ2) is 8.20. The molecule has 0 fully saturated rings. The Morgan fingerprint density at radius 2 is 1.87 bits per heavy atom. The molecule has 1 atom stereocenters. The van der Waals surface area contributed by atoms with Gasteiger partial charge in [-0.25, -0.2) is 9.37 Å². The average molecular weight is 421 g/mol. The van der Waals surface area contributed by atoms with Crippen LogP contribution in [-0.4, -0.2) is 15.9 Å². The Labute approximate surface area is 176 Å². The van der Waals surface area contributed by atoms with Gasteiger partial charge in [-0.3, -0.25) is 9.59 Å². The molecule has 0 aliphatic rings. The number of nitrogens with one attached hydrogen (secondary N) is 2. The SMILES string of the molecule is Cc1c(C(=O)NC(C)c2ccccc2F)sc2nc(Cc3ccccc3)[nH]c(=O)c12. The number of thiophene rings is 1. The number of H-pyrrole nitrogens is 1. The van der Waals surface area contributed by atoms with Gasteiger partial charge in [-0.1, -0.05) is 48.5 Å². The van der Waals surface area contributed by atoms with Crippen LogP contribution < -0.4 is 10.9 Å². The molecule has 30 heavy (non-hydrogen) atoms. The second-order valence-corrected chi connectivity index (χ2v) is 8.13. The van der Waals surface area contributed by atoms with E-state index < -0.39 is 6.04 Å². The first kappa shape index (κ1) is 20.0. The van der Waals surface area contributed by atoms with E-state index >= 15 is 0 Å². The highest BCUT2D eigenvalue weighted by molar-refractivity contribution is 7.20. The fourth-order valence-electron chi connectivity index (χ4n) is 3.44. The Kier molecular flexibility index (Phi) is 5.46. The Morgan fingerprint density at radius 1 is 1.17 bits per heavy atom. The molecule has 4 aromatic rings. The van der Waals surface area contributed by atoms with Crippen LogP contribution in [0.2, 0.25) is 0 Å². The van der Waals surface area contributed by atoms with Gasteiger partial charge < -0.3 is 10.3 Å². The number of fused-ring (bicyclic) bond motifs is 1. The minimum Gasteiger partial charge on any atom is -0.345 e. The summed E-state index contributed by atoms with van der Waals surface area (Å²) in [5.74, 6) is -0.177. The highest BCUT2D eigenvalue weighted by atomic mass is 32.1. The molecule has 0 bridgehead atoms. The lowest BCUT2D eigenvalue weighted by molar-refractivity contribution is 0.0943. The summed E-state index contributed by atoms with van der Waals surface area (Å²) in [4.78, 5) is 33.8. The largest absolute Gasteiger partial charge is 0.345 e. The third-order valence-electron chi connectivity index (χ3n) is 4.99. The van der Waals surface area contributed by atoms with Crippen molar-refractivity contribution in [2.45, 2.75) is 26.3 Å². The van der Waals surface area contributed by atoms with Crippen LogP contribution in [0.3, 0.4) is 0 Å². The third-order valence-corrected chi connectivity index (χ3v) is 6.17. The quantitative estimate of drug-likeness (QED) is 0.498. The van der Waals surface area contributed by atoms with E-state index in [1.165, 1.54) is 17.4 Å². The van der Waals surface area contributed by atoms with Crippen molar-refractivity contribution < 1.29 is 9.18 Å². The zero-order valence-electron chi connectivity index (χ0n) is 16.5. The van der Waals surface area contributed by atoms with Gasteiger partial charge in [-0.2, -0.15) is 0 Å². The summed E-state index contributed by atoms with van der Waals surface area (Å²) >= 11 is 1.18. The number of hydrogen-bond donors (Lipinski definition) is 2. The lowest BCUT2D eigenvalue weighted by Gasteiger charge is -2.14. The molecular weight excluding hydrogens is 401 g/mol. The van der Waals surface area contributed by atoms with Crippen LogP contribution >= 0.6 is 11.3 Å². The summed E-state index contributed by atoms with van der Waals surface area (Å²) in [6.07, 6.45) is 0.495. The predicted molar refractivity (Wildman–Crippen MR) is 117 cm³/mol. The fourth-order valence-corrected chi connectivity index (χ4v) is 4.55. The molecule has 2 aromatic carbocycles. The zero-order valence-corrected chi connectivity index (χ0v) is 17.3. The van der Waals surface area contributed by atoms with Crippen molar-refractivity contribution >= 4 is 27.5 Å². The number of aromatic amines is 1. The fraction of sp³-hybridized carbons (Fsp3) is 0.174. The molecule has 152 valence electrons. The molecule has 2 aromatic heterocycles. The Balaban J connectivity index is 1.64. The molecule has 7 heteroatoms. The second-order valence-electron chi connectivity index (χ2n) is 7.13. The maximum atomic E-state index is 14.0. The Bertz CT molecular complexity index is 1280. The highest BCUT2D eigenvalue weighted by Crippen LogP contribution is 2.28. The minimum atomic E-state index is -0.511. The van der Waals surface area contributed by atoms with Crippen molar-refractivity contribution in [3.8, 4) is 0 Å². The summed E-state index contributed by atoms with van der Waals surface area (Å²) in [5.41, 5.74) is 1.75. The Hall–Kier alpha value is -3.32. The Morgan fingerprint density at radius 3 is 2.60 bits per heavy atom. The lowest BCUT2D eigenvalue weighted by Crippen LogP contribution is -2.27. The van der Waals surface area contributed by atoms with Crippen molar-refractivity contribution in [1.82, 2.24) is 15.3 Å². The van der Waals surface area contributed by atoms with Crippen molar-refractivity contribution in [2.75, 3.05) is 0 Å². The molecule has 0 radical (unpaired) electrons. The molecule has 1 unspecified atom stereocenters. The molecule has 1 amide bonds. The molecule has 0 aliphatic carbocycles. The number of rotatable bonds is 5. The number of nitrogens with zero attached hydrogens (tertiary/aromatic N) is 1. The van der Waals surface area contributed by atoms with Crippen LogP contribution in [0.15, 0.2) is 59.4 Å². The van der Waals surface area contributed by atoms with E-state index in [9.17, 15) is 14.0 Å². The number of hydrogen-bond acceptors (Lipinski definition) is 4. The molecule has 2 heterocycles. The van der Waals surface area contributed by atoms with Gasteiger partial charge in [-0.05, 0) is 31.0 Å². The molecule has 0 spiro atoms. The maximum Gasteiger partial charge on any atom is 0.262 e. The van der Waals surface area contributed by atoms with Crippen LogP contribution in [0.25, 0.3) is 10.2 Å². The molecule has 2 N–H and O–H groups in total. The maximum absolute atomic E-state index is 14.0. The standard InChI is InChI=1S/C23H20FN3O2S/c1-13-19-21(28)26-18(12-15-8-4-3-5-9-15)27-23(19)30-20(13)22(29)25-14(2)16-10-6-7-11-17(16)24/h3-11,14H,12H2,1-2H3,(H,25,29)(H,26,27,28). The van der Waals surface area contributed by atoms with E-state index in [1.807, 2.05) is 30.3 Å². The first-order valence-corrected chi connectivity index (χ1v) is 10.4. The van der Waals surface area contributed by atoms with Crippen molar-refractivity contribution in [1.29, 1.82) is 0 Å². The summed E-state index contributed by atoms with van der Waals surface area (Å²) in [6, 6.07) is 15.5. The van der Waals surface area contributed by atoms with Crippen LogP contribution in [-0.2, 0) is 6.42 Å². The average Bonchev–Trinajstić information content (AvgIpc) is 3.06. The molecular formula is C23H20FN3O2S. The number of carbonyl (C=O) groups excluding carboxylic acids is 1. The minimum absolute atomic E-state index is 0.263. The topological polar surface area (TPSA) is 74.8 Å². The normalized spacial score (nSPS) is 12.1. The smallest absolute Gasteiger partial charge is 0.262 e. The molecule has 5 nitrogen and oxygen atoms in total. The van der Waals surface area contributed by atoms with Crippen LogP contribution in [0, 0.1) is 12.7 Å². The van der Waals surface area contributed by atoms with E-state index in [-0.39, 0.29) is 17.3 Å². The lowest BCUT2D eigenvalue weighted by atomic mass is 10.1. The van der Waals surface area contributed by atoms with E-state index in [0.29, 0.717) is 38.5 Å².